The maximum atomic E-state index is 14.1. The highest BCUT2D eigenvalue weighted by Gasteiger charge is 2.37. The number of piperidine rings is 1. The average Bonchev–Trinajstić information content (AvgIpc) is 3.35. The minimum Gasteiger partial charge on any atom is -0.477 e. The molecule has 5 rings (SSSR count). The summed E-state index contributed by atoms with van der Waals surface area (Å²) in [5.41, 5.74) is -0.227. The smallest absolute Gasteiger partial charge is 0.421 e. The lowest BCUT2D eigenvalue weighted by molar-refractivity contribution is -0.139. The standard InChI is InChI=1S/C26H30F3N7O3/c27-26(28,29)20-13-18(15-32-25(20)39-10-4-17-1-5-31-6-2-17)23-19-3-7-36(24(19)34-21(14-30)33-23)16-22(37)35-8-11-38-12-9-35/h3,7,13,15,17,21,31,34H,1-2,4-6,8-12,16H2. The van der Waals surface area contributed by atoms with Gasteiger partial charge in [-0.2, -0.15) is 18.4 Å². The van der Waals surface area contributed by atoms with Crippen LogP contribution in [0.15, 0.2) is 29.5 Å². The van der Waals surface area contributed by atoms with E-state index in [-0.39, 0.29) is 30.3 Å². The molecule has 3 aliphatic rings. The van der Waals surface area contributed by atoms with Gasteiger partial charge in [0.15, 0.2) is 0 Å². The lowest BCUT2D eigenvalue weighted by atomic mass is 9.95. The zero-order valence-corrected chi connectivity index (χ0v) is 21.3. The van der Waals surface area contributed by atoms with Crippen molar-refractivity contribution >= 4 is 17.4 Å². The fraction of sp³-hybridized carbons (Fsp3) is 0.538. The van der Waals surface area contributed by atoms with E-state index in [2.05, 4.69) is 20.6 Å². The summed E-state index contributed by atoms with van der Waals surface area (Å²) in [6, 6.07) is 4.63. The Bertz CT molecular complexity index is 1260. The molecule has 2 N–H and O–H groups in total. The Kier molecular flexibility index (Phi) is 8.04. The average molecular weight is 546 g/mol. The second-order valence-electron chi connectivity index (χ2n) is 9.76. The highest BCUT2D eigenvalue weighted by atomic mass is 19.4. The molecule has 13 heteroatoms. The van der Waals surface area contributed by atoms with Crippen LogP contribution in [0.25, 0.3) is 0 Å². The summed E-state index contributed by atoms with van der Waals surface area (Å²) < 4.78 is 54.6. The van der Waals surface area contributed by atoms with Gasteiger partial charge in [0.2, 0.25) is 18.0 Å². The second-order valence-corrected chi connectivity index (χ2v) is 9.76. The summed E-state index contributed by atoms with van der Waals surface area (Å²) in [4.78, 5) is 22.9. The molecule has 0 aliphatic carbocycles. The number of hydrogen-bond donors (Lipinski definition) is 2. The molecule has 1 atom stereocenters. The maximum Gasteiger partial charge on any atom is 0.421 e. The Balaban J connectivity index is 1.38. The van der Waals surface area contributed by atoms with Crippen LogP contribution in [0.2, 0.25) is 0 Å². The molecule has 0 saturated carbocycles. The Labute approximate surface area is 223 Å². The molecule has 39 heavy (non-hydrogen) atoms. The maximum absolute atomic E-state index is 14.1. The number of morpholine rings is 1. The molecule has 0 radical (unpaired) electrons. The quantitative estimate of drug-likeness (QED) is 0.550. The van der Waals surface area contributed by atoms with Crippen molar-refractivity contribution in [1.29, 1.82) is 5.26 Å². The van der Waals surface area contributed by atoms with Crippen molar-refractivity contribution in [1.82, 2.24) is 19.8 Å². The van der Waals surface area contributed by atoms with Crippen molar-refractivity contribution in [3.63, 3.8) is 0 Å². The van der Waals surface area contributed by atoms with Gasteiger partial charge in [-0.05, 0) is 50.4 Å². The van der Waals surface area contributed by atoms with Crippen LogP contribution in [-0.2, 0) is 22.3 Å². The summed E-state index contributed by atoms with van der Waals surface area (Å²) in [7, 11) is 0. The number of nitrogens with zero attached hydrogens (tertiary/aromatic N) is 5. The Morgan fingerprint density at radius 2 is 2.03 bits per heavy atom. The van der Waals surface area contributed by atoms with Gasteiger partial charge < -0.3 is 29.6 Å². The number of rotatable bonds is 7. The van der Waals surface area contributed by atoms with E-state index >= 15 is 0 Å². The number of hydrogen-bond acceptors (Lipinski definition) is 8. The number of fused-ring (bicyclic) bond motifs is 1. The van der Waals surface area contributed by atoms with Gasteiger partial charge in [-0.25, -0.2) is 9.98 Å². The highest BCUT2D eigenvalue weighted by Crippen LogP contribution is 2.37. The molecule has 0 bridgehead atoms. The van der Waals surface area contributed by atoms with Crippen LogP contribution < -0.4 is 15.4 Å². The minimum absolute atomic E-state index is 0.00362. The fourth-order valence-corrected chi connectivity index (χ4v) is 5.06. The number of carbonyl (C=O) groups is 1. The molecule has 10 nitrogen and oxygen atoms in total. The Morgan fingerprint density at radius 1 is 1.26 bits per heavy atom. The SMILES string of the molecule is N#CC1N=C(c2cnc(OCCC3CCNCC3)c(C(F)(F)F)c2)c2ccn(CC(=O)N3CCOCC3)c2N1. The lowest BCUT2D eigenvalue weighted by Gasteiger charge is -2.28. The zero-order chi connectivity index (χ0) is 27.4. The minimum atomic E-state index is -4.70. The first-order valence-corrected chi connectivity index (χ1v) is 13.0. The normalized spacial score (nSPS) is 20.0. The number of nitrogens with one attached hydrogen (secondary N) is 2. The van der Waals surface area contributed by atoms with Crippen LogP contribution in [0, 0.1) is 17.2 Å². The molecular formula is C26H30F3N7O3. The first-order chi connectivity index (χ1) is 18.8. The first-order valence-electron chi connectivity index (χ1n) is 13.0. The number of carbonyl (C=O) groups excluding carboxylic acids is 1. The number of aliphatic imine (C=N–C) groups is 1. The van der Waals surface area contributed by atoms with E-state index in [0.717, 1.165) is 32.0 Å². The van der Waals surface area contributed by atoms with Gasteiger partial charge in [0, 0.05) is 36.6 Å². The van der Waals surface area contributed by atoms with Gasteiger partial charge in [0.1, 0.15) is 24.0 Å². The van der Waals surface area contributed by atoms with E-state index in [1.165, 1.54) is 6.20 Å². The molecule has 2 aromatic heterocycles. The summed E-state index contributed by atoms with van der Waals surface area (Å²) in [6.45, 7) is 3.85. The van der Waals surface area contributed by atoms with Crippen molar-refractivity contribution in [3.8, 4) is 11.9 Å². The zero-order valence-electron chi connectivity index (χ0n) is 21.3. The number of halogens is 3. The summed E-state index contributed by atoms with van der Waals surface area (Å²) in [5.74, 6) is 0.247. The third-order valence-corrected chi connectivity index (χ3v) is 7.20. The van der Waals surface area contributed by atoms with Crippen LogP contribution >= 0.6 is 0 Å². The molecule has 2 aromatic rings. The Hall–Kier alpha value is -3.63. The van der Waals surface area contributed by atoms with Crippen LogP contribution in [0.5, 0.6) is 5.88 Å². The molecule has 208 valence electrons. The van der Waals surface area contributed by atoms with Crippen molar-refractivity contribution in [3.05, 3.63) is 41.2 Å². The van der Waals surface area contributed by atoms with E-state index in [4.69, 9.17) is 9.47 Å². The molecule has 0 aromatic carbocycles. The molecule has 2 saturated heterocycles. The van der Waals surface area contributed by atoms with E-state index in [9.17, 15) is 23.2 Å². The molecular weight excluding hydrogens is 515 g/mol. The lowest BCUT2D eigenvalue weighted by Crippen LogP contribution is -2.42. The van der Waals surface area contributed by atoms with Crippen molar-refractivity contribution < 1.29 is 27.4 Å². The van der Waals surface area contributed by atoms with Crippen LogP contribution in [0.3, 0.4) is 0 Å². The van der Waals surface area contributed by atoms with E-state index in [0.29, 0.717) is 50.0 Å². The molecule has 3 aliphatic heterocycles. The molecule has 2 fully saturated rings. The topological polar surface area (TPSA) is 117 Å². The number of pyridine rings is 1. The Morgan fingerprint density at radius 3 is 2.74 bits per heavy atom. The summed E-state index contributed by atoms with van der Waals surface area (Å²) >= 11 is 0. The van der Waals surface area contributed by atoms with Crippen LogP contribution in [0.1, 0.15) is 36.0 Å². The van der Waals surface area contributed by atoms with E-state index < -0.39 is 23.8 Å². The summed E-state index contributed by atoms with van der Waals surface area (Å²) in [6.07, 6.45) is -0.213. The number of alkyl halides is 3. The van der Waals surface area contributed by atoms with Gasteiger partial charge in [-0.15, -0.1) is 0 Å². The monoisotopic (exact) mass is 545 g/mol. The molecule has 1 unspecified atom stereocenters. The van der Waals surface area contributed by atoms with Gasteiger partial charge in [0.25, 0.3) is 0 Å². The number of aromatic nitrogens is 2. The number of ether oxygens (including phenoxy) is 2. The summed E-state index contributed by atoms with van der Waals surface area (Å²) in [5, 5.41) is 15.8. The van der Waals surface area contributed by atoms with Gasteiger partial charge in [-0.3, -0.25) is 4.79 Å². The second kappa shape index (κ2) is 11.6. The first kappa shape index (κ1) is 27.0. The predicted molar refractivity (Wildman–Crippen MR) is 135 cm³/mol. The largest absolute Gasteiger partial charge is 0.477 e. The van der Waals surface area contributed by atoms with E-state index in [1.54, 1.807) is 21.7 Å². The van der Waals surface area contributed by atoms with Crippen molar-refractivity contribution in [2.75, 3.05) is 51.3 Å². The van der Waals surface area contributed by atoms with Crippen molar-refractivity contribution in [2.45, 2.75) is 38.1 Å². The predicted octanol–water partition coefficient (Wildman–Crippen LogP) is 2.64. The fourth-order valence-electron chi connectivity index (χ4n) is 5.06. The number of nitriles is 1. The number of amides is 1. The van der Waals surface area contributed by atoms with Gasteiger partial charge in [-0.1, -0.05) is 0 Å². The third-order valence-electron chi connectivity index (χ3n) is 7.20. The van der Waals surface area contributed by atoms with Crippen LogP contribution in [0.4, 0.5) is 19.0 Å². The van der Waals surface area contributed by atoms with Gasteiger partial charge in [0.05, 0.1) is 25.5 Å². The van der Waals surface area contributed by atoms with Gasteiger partial charge >= 0.3 is 6.18 Å². The molecule has 5 heterocycles. The molecule has 0 spiro atoms. The highest BCUT2D eigenvalue weighted by molar-refractivity contribution is 6.16. The molecule has 1 amide bonds. The van der Waals surface area contributed by atoms with Crippen LogP contribution in [-0.4, -0.2) is 78.2 Å². The van der Waals surface area contributed by atoms with Crippen molar-refractivity contribution in [2.24, 2.45) is 10.9 Å². The van der Waals surface area contributed by atoms with E-state index in [1.807, 2.05) is 6.07 Å². The third kappa shape index (κ3) is 6.17. The number of anilines is 1.